The van der Waals surface area contributed by atoms with Gasteiger partial charge < -0.3 is 18.9 Å². The number of esters is 2. The lowest BCUT2D eigenvalue weighted by molar-refractivity contribution is -0.137. The highest BCUT2D eigenvalue weighted by molar-refractivity contribution is 6.38. The fourth-order valence-corrected chi connectivity index (χ4v) is 2.73. The average Bonchev–Trinajstić information content (AvgIpc) is 2.90. The Morgan fingerprint density at radius 1 is 1.12 bits per heavy atom. The molecule has 0 aromatic heterocycles. The first kappa shape index (κ1) is 17.1. The van der Waals surface area contributed by atoms with Crippen LogP contribution >= 0.6 is 0 Å². The summed E-state index contributed by atoms with van der Waals surface area (Å²) in [6, 6.07) is 9.40. The molecule has 0 bridgehead atoms. The number of hydrogen-bond acceptors (Lipinski definition) is 8. The molecule has 0 saturated carbocycles. The number of hydrazone groups is 1. The third-order valence-electron chi connectivity index (χ3n) is 4.02. The summed E-state index contributed by atoms with van der Waals surface area (Å²) in [5.74, 6) is -1.74. The Hall–Kier alpha value is -2.71. The zero-order chi connectivity index (χ0) is 17.8. The summed E-state index contributed by atoms with van der Waals surface area (Å²) < 4.78 is 21.2. The van der Waals surface area contributed by atoms with Gasteiger partial charge in [-0.05, 0) is 5.57 Å². The second-order valence-corrected chi connectivity index (χ2v) is 5.43. The number of fused-ring (bicyclic) bond motifs is 1. The molecule has 2 aliphatic rings. The van der Waals surface area contributed by atoms with Crippen LogP contribution in [0.1, 0.15) is 11.9 Å². The van der Waals surface area contributed by atoms with E-state index in [1.54, 1.807) is 0 Å². The molecule has 8 heteroatoms. The van der Waals surface area contributed by atoms with Crippen molar-refractivity contribution in [1.29, 1.82) is 0 Å². The van der Waals surface area contributed by atoms with E-state index >= 15 is 0 Å². The van der Waals surface area contributed by atoms with Crippen LogP contribution in [0.2, 0.25) is 0 Å². The highest BCUT2D eigenvalue weighted by atomic mass is 16.7. The largest absolute Gasteiger partial charge is 0.464 e. The van der Waals surface area contributed by atoms with Crippen molar-refractivity contribution in [2.24, 2.45) is 11.0 Å². The molecular weight excluding hydrogens is 328 g/mol. The van der Waals surface area contributed by atoms with Gasteiger partial charge in [0.2, 0.25) is 0 Å². The number of nitrogens with one attached hydrogen (secondary N) is 1. The van der Waals surface area contributed by atoms with Crippen LogP contribution in [0.5, 0.6) is 0 Å². The molecule has 2 heterocycles. The number of benzene rings is 1. The van der Waals surface area contributed by atoms with Crippen molar-refractivity contribution in [2.45, 2.75) is 6.29 Å². The number of carbonyl (C=O) groups is 2. The van der Waals surface area contributed by atoms with Crippen molar-refractivity contribution in [3.8, 4) is 0 Å². The first-order chi connectivity index (χ1) is 12.2. The summed E-state index contributed by atoms with van der Waals surface area (Å²) in [6.07, 6.45) is -0.614. The molecular formula is C17H18N2O6. The summed E-state index contributed by atoms with van der Waals surface area (Å²) in [7, 11) is 2.54. The fraction of sp³-hybridized carbons (Fsp3) is 0.353. The zero-order valence-corrected chi connectivity index (χ0v) is 13.9. The molecule has 1 aromatic carbocycles. The van der Waals surface area contributed by atoms with Gasteiger partial charge in [0.15, 0.2) is 12.0 Å². The van der Waals surface area contributed by atoms with E-state index in [0.29, 0.717) is 5.57 Å². The van der Waals surface area contributed by atoms with E-state index in [1.165, 1.54) is 14.2 Å². The Morgan fingerprint density at radius 2 is 1.84 bits per heavy atom. The highest BCUT2D eigenvalue weighted by Crippen LogP contribution is 2.31. The van der Waals surface area contributed by atoms with Gasteiger partial charge in [-0.1, -0.05) is 30.3 Å². The molecule has 1 aromatic rings. The number of methoxy groups -OCH3 is 2. The summed E-state index contributed by atoms with van der Waals surface area (Å²) in [5.41, 5.74) is 4.23. The number of rotatable bonds is 3. The fourth-order valence-electron chi connectivity index (χ4n) is 2.73. The third-order valence-corrected chi connectivity index (χ3v) is 4.02. The average molecular weight is 346 g/mol. The number of carbonyl (C=O) groups excluding carboxylic acids is 2. The van der Waals surface area contributed by atoms with Crippen molar-refractivity contribution in [3.63, 3.8) is 0 Å². The van der Waals surface area contributed by atoms with Gasteiger partial charge >= 0.3 is 11.9 Å². The van der Waals surface area contributed by atoms with Crippen LogP contribution in [-0.2, 0) is 28.5 Å². The molecule has 1 fully saturated rings. The zero-order valence-electron chi connectivity index (χ0n) is 13.9. The van der Waals surface area contributed by atoms with E-state index in [2.05, 4.69) is 10.5 Å². The van der Waals surface area contributed by atoms with Gasteiger partial charge in [-0.3, -0.25) is 5.43 Å². The monoisotopic (exact) mass is 346 g/mol. The highest BCUT2D eigenvalue weighted by Gasteiger charge is 2.38. The van der Waals surface area contributed by atoms with Gasteiger partial charge in [-0.2, -0.15) is 5.10 Å². The molecule has 132 valence electrons. The Kier molecular flexibility index (Phi) is 5.11. The molecule has 0 radical (unpaired) electrons. The van der Waals surface area contributed by atoms with Gasteiger partial charge in [-0.25, -0.2) is 9.59 Å². The van der Waals surface area contributed by atoms with Gasteiger partial charge in [-0.15, -0.1) is 0 Å². The summed E-state index contributed by atoms with van der Waals surface area (Å²) in [5, 5.41) is 3.97. The Labute approximate surface area is 144 Å². The SMILES string of the molecule is COC(=O)C1=NNC(C(=O)OC)=C2CO[C@@H](c3ccccc3)OC[C@H]12. The van der Waals surface area contributed by atoms with Gasteiger partial charge in [0, 0.05) is 5.56 Å². The van der Waals surface area contributed by atoms with E-state index in [1.807, 2.05) is 30.3 Å². The number of nitrogens with zero attached hydrogens (tertiary/aromatic N) is 1. The standard InChI is InChI=1S/C17H18N2O6/c1-22-15(20)13-11-8-24-17(10-6-4-3-5-7-10)25-9-12(11)14(19-18-13)16(21)23-2/h3-7,11,17,19H,8-9H2,1-2H3/t11-,17-/m0/s1. The number of ether oxygens (including phenoxy) is 4. The maximum atomic E-state index is 12.0. The van der Waals surface area contributed by atoms with Crippen molar-refractivity contribution < 1.29 is 28.5 Å². The summed E-state index contributed by atoms with van der Waals surface area (Å²) >= 11 is 0. The predicted octanol–water partition coefficient (Wildman–Crippen LogP) is 0.907. The minimum atomic E-state index is -0.614. The van der Waals surface area contributed by atoms with Gasteiger partial charge in [0.05, 0.1) is 33.4 Å². The van der Waals surface area contributed by atoms with Crippen LogP contribution in [0.25, 0.3) is 0 Å². The quantitative estimate of drug-likeness (QED) is 0.813. The lowest BCUT2D eigenvalue weighted by atomic mass is 9.92. The van der Waals surface area contributed by atoms with Crippen LogP contribution in [-0.4, -0.2) is 45.1 Å². The molecule has 0 aliphatic carbocycles. The second-order valence-electron chi connectivity index (χ2n) is 5.43. The predicted molar refractivity (Wildman–Crippen MR) is 86.2 cm³/mol. The molecule has 0 spiro atoms. The molecule has 25 heavy (non-hydrogen) atoms. The third kappa shape index (κ3) is 3.40. The summed E-state index contributed by atoms with van der Waals surface area (Å²) in [6.45, 7) is 0.197. The first-order valence-electron chi connectivity index (χ1n) is 7.67. The number of hydrogen-bond donors (Lipinski definition) is 1. The second kappa shape index (κ2) is 7.45. The van der Waals surface area contributed by atoms with Crippen molar-refractivity contribution in [2.75, 3.05) is 27.4 Å². The maximum Gasteiger partial charge on any atom is 0.356 e. The molecule has 2 atom stereocenters. The van der Waals surface area contributed by atoms with Gasteiger partial charge in [0.1, 0.15) is 5.70 Å². The minimum Gasteiger partial charge on any atom is -0.464 e. The summed E-state index contributed by atoms with van der Waals surface area (Å²) in [4.78, 5) is 24.0. The van der Waals surface area contributed by atoms with Crippen LogP contribution in [0.15, 0.2) is 46.7 Å². The van der Waals surface area contributed by atoms with Crippen LogP contribution < -0.4 is 5.43 Å². The van der Waals surface area contributed by atoms with E-state index in [4.69, 9.17) is 18.9 Å². The van der Waals surface area contributed by atoms with Crippen molar-refractivity contribution >= 4 is 17.7 Å². The van der Waals surface area contributed by atoms with Crippen molar-refractivity contribution in [1.82, 2.24) is 5.43 Å². The molecule has 0 unspecified atom stereocenters. The Morgan fingerprint density at radius 3 is 2.52 bits per heavy atom. The topological polar surface area (TPSA) is 95.5 Å². The van der Waals surface area contributed by atoms with Crippen LogP contribution in [0, 0.1) is 5.92 Å². The normalized spacial score (nSPS) is 22.9. The van der Waals surface area contributed by atoms with E-state index in [0.717, 1.165) is 5.56 Å². The van der Waals surface area contributed by atoms with E-state index < -0.39 is 24.1 Å². The minimum absolute atomic E-state index is 0.0810. The molecule has 2 aliphatic heterocycles. The molecule has 8 nitrogen and oxygen atoms in total. The maximum absolute atomic E-state index is 12.0. The van der Waals surface area contributed by atoms with Gasteiger partial charge in [0.25, 0.3) is 0 Å². The smallest absolute Gasteiger partial charge is 0.356 e. The lowest BCUT2D eigenvalue weighted by Gasteiger charge is -2.24. The molecule has 1 N–H and O–H groups in total. The molecule has 1 saturated heterocycles. The lowest BCUT2D eigenvalue weighted by Crippen LogP contribution is -2.39. The van der Waals surface area contributed by atoms with Crippen LogP contribution in [0.3, 0.4) is 0 Å². The first-order valence-corrected chi connectivity index (χ1v) is 7.67. The molecule has 0 amide bonds. The van der Waals surface area contributed by atoms with E-state index in [9.17, 15) is 9.59 Å². The van der Waals surface area contributed by atoms with Crippen molar-refractivity contribution in [3.05, 3.63) is 47.2 Å². The van der Waals surface area contributed by atoms with E-state index in [-0.39, 0.29) is 24.6 Å². The Bertz CT molecular complexity index is 728. The Balaban J connectivity index is 1.93. The molecule has 3 rings (SSSR count). The van der Waals surface area contributed by atoms with Crippen LogP contribution in [0.4, 0.5) is 0 Å².